The van der Waals surface area contributed by atoms with E-state index in [1.807, 2.05) is 0 Å². The molecular weight excluding hydrogens is 250 g/mol. The molecule has 0 aliphatic rings. The third-order valence-corrected chi connectivity index (χ3v) is 3.04. The van der Waals surface area contributed by atoms with Crippen molar-refractivity contribution < 1.29 is 17.2 Å². The molecule has 0 amide bonds. The molecule has 15 heavy (non-hydrogen) atoms. The molecule has 1 heterocycles. The molecule has 0 aliphatic carbocycles. The minimum absolute atomic E-state index is 0.110. The van der Waals surface area contributed by atoms with Crippen molar-refractivity contribution in [2.45, 2.75) is 18.2 Å². The van der Waals surface area contributed by atoms with E-state index < -0.39 is 32.1 Å². The quantitative estimate of drug-likeness (QED) is 0.874. The maximum Gasteiger partial charge on any atom is 0.281 e. The summed E-state index contributed by atoms with van der Waals surface area (Å²) in [5, 5.41) is 4.18. The number of aromatic nitrogens is 1. The van der Waals surface area contributed by atoms with Crippen molar-refractivity contribution in [2.75, 3.05) is 0 Å². The number of hydrogen-bond donors (Lipinski definition) is 1. The van der Waals surface area contributed by atoms with Gasteiger partial charge in [-0.25, -0.2) is 22.3 Å². The number of sulfonamides is 1. The number of nitrogens with zero attached hydrogens (tertiary/aromatic N) is 1. The van der Waals surface area contributed by atoms with Gasteiger partial charge in [0.25, 0.3) is 6.43 Å². The molecule has 0 atom stereocenters. The maximum atomic E-state index is 12.4. The summed E-state index contributed by atoms with van der Waals surface area (Å²) in [6.07, 6.45) is -2.95. The molecule has 0 radical (unpaired) electrons. The van der Waals surface area contributed by atoms with E-state index in [1.54, 1.807) is 0 Å². The summed E-state index contributed by atoms with van der Waals surface area (Å²) in [5.41, 5.74) is -0.667. The molecule has 0 fully saturated rings. The van der Waals surface area contributed by atoms with Gasteiger partial charge in [0.2, 0.25) is 10.0 Å². The van der Waals surface area contributed by atoms with Crippen LogP contribution in [0.1, 0.15) is 17.8 Å². The Bertz CT molecular complexity index is 490. The van der Waals surface area contributed by atoms with Crippen LogP contribution in [-0.2, 0) is 10.0 Å². The highest BCUT2D eigenvalue weighted by atomic mass is 35.5. The van der Waals surface area contributed by atoms with Gasteiger partial charge in [0, 0.05) is 5.69 Å². The van der Waals surface area contributed by atoms with Crippen LogP contribution < -0.4 is 5.14 Å². The first kappa shape index (κ1) is 12.3. The zero-order valence-corrected chi connectivity index (χ0v) is 9.11. The molecule has 0 aromatic carbocycles. The lowest BCUT2D eigenvalue weighted by Crippen LogP contribution is -2.14. The fourth-order valence-corrected chi connectivity index (χ4v) is 2.19. The number of hydrogen-bond acceptors (Lipinski definition) is 3. The Labute approximate surface area is 90.1 Å². The van der Waals surface area contributed by atoms with Crippen molar-refractivity contribution >= 4 is 21.6 Å². The van der Waals surface area contributed by atoms with Crippen molar-refractivity contribution in [1.82, 2.24) is 4.98 Å². The van der Waals surface area contributed by atoms with Gasteiger partial charge >= 0.3 is 0 Å². The summed E-state index contributed by atoms with van der Waals surface area (Å²) in [6, 6.07) is 1.05. The minimum atomic E-state index is -4.12. The lowest BCUT2D eigenvalue weighted by molar-refractivity contribution is 0.145. The molecule has 1 aromatic rings. The zero-order valence-electron chi connectivity index (χ0n) is 7.54. The van der Waals surface area contributed by atoms with E-state index in [0.29, 0.717) is 0 Å². The van der Waals surface area contributed by atoms with Crippen LogP contribution in [-0.4, -0.2) is 13.4 Å². The molecule has 84 valence electrons. The summed E-state index contributed by atoms with van der Waals surface area (Å²) in [4.78, 5) is 2.91. The number of alkyl halides is 2. The average molecular weight is 257 g/mol. The molecule has 1 aromatic heterocycles. The third kappa shape index (κ3) is 2.61. The molecule has 0 aliphatic heterocycles. The standard InChI is InChI=1S/C7H7ClF2N2O2S/c1-3-2-4(15(11,13)14)5(8)6(12-3)7(9)10/h2,7H,1H3,(H2,11,13,14). The zero-order chi connectivity index (χ0) is 11.8. The second-order valence-electron chi connectivity index (χ2n) is 2.81. The van der Waals surface area contributed by atoms with Gasteiger partial charge in [-0.15, -0.1) is 0 Å². The number of nitrogens with two attached hydrogens (primary N) is 1. The predicted octanol–water partition coefficient (Wildman–Crippen LogP) is 1.63. The number of pyridine rings is 1. The Balaban J connectivity index is 3.56. The normalized spacial score (nSPS) is 12.1. The van der Waals surface area contributed by atoms with Gasteiger partial charge in [-0.3, -0.25) is 4.98 Å². The van der Waals surface area contributed by atoms with Gasteiger partial charge in [-0.1, -0.05) is 11.6 Å². The molecule has 2 N–H and O–H groups in total. The van der Waals surface area contributed by atoms with Crippen molar-refractivity contribution in [3.05, 3.63) is 22.5 Å². The number of primary sulfonamides is 1. The first-order chi connectivity index (χ1) is 6.73. The molecule has 0 spiro atoms. The molecule has 0 unspecified atom stereocenters. The van der Waals surface area contributed by atoms with Gasteiger partial charge in [0.05, 0.1) is 5.02 Å². The van der Waals surface area contributed by atoms with Crippen LogP contribution in [0, 0.1) is 6.92 Å². The predicted molar refractivity (Wildman–Crippen MR) is 50.3 cm³/mol. The Morgan fingerprint density at radius 1 is 1.53 bits per heavy atom. The highest BCUT2D eigenvalue weighted by molar-refractivity contribution is 7.89. The van der Waals surface area contributed by atoms with Crippen LogP contribution in [0.4, 0.5) is 8.78 Å². The molecular formula is C7H7ClF2N2O2S. The van der Waals surface area contributed by atoms with Crippen LogP contribution in [0.5, 0.6) is 0 Å². The molecule has 4 nitrogen and oxygen atoms in total. The van der Waals surface area contributed by atoms with Gasteiger partial charge < -0.3 is 0 Å². The summed E-state index contributed by atoms with van der Waals surface area (Å²) in [7, 11) is -4.12. The van der Waals surface area contributed by atoms with E-state index in [-0.39, 0.29) is 5.69 Å². The fraction of sp³-hybridized carbons (Fsp3) is 0.286. The SMILES string of the molecule is Cc1cc(S(N)(=O)=O)c(Cl)c(C(F)F)n1. The molecule has 8 heteroatoms. The van der Waals surface area contributed by atoms with Crippen LogP contribution in [0.2, 0.25) is 5.02 Å². The number of halogens is 3. The first-order valence-corrected chi connectivity index (χ1v) is 5.64. The molecule has 0 saturated heterocycles. The van der Waals surface area contributed by atoms with Gasteiger partial charge in [-0.05, 0) is 13.0 Å². The van der Waals surface area contributed by atoms with Gasteiger partial charge in [0.15, 0.2) is 0 Å². The van der Waals surface area contributed by atoms with E-state index in [1.165, 1.54) is 6.92 Å². The van der Waals surface area contributed by atoms with Gasteiger partial charge in [-0.2, -0.15) is 0 Å². The first-order valence-electron chi connectivity index (χ1n) is 3.71. The highest BCUT2D eigenvalue weighted by Gasteiger charge is 2.22. The van der Waals surface area contributed by atoms with Crippen LogP contribution in [0.25, 0.3) is 0 Å². The summed E-state index contributed by atoms with van der Waals surface area (Å²) in [6.45, 7) is 1.37. The number of aryl methyl sites for hydroxylation is 1. The smallest absolute Gasteiger partial charge is 0.250 e. The molecule has 0 bridgehead atoms. The molecule has 1 rings (SSSR count). The van der Waals surface area contributed by atoms with E-state index in [2.05, 4.69) is 4.98 Å². The van der Waals surface area contributed by atoms with Crippen molar-refractivity contribution in [2.24, 2.45) is 5.14 Å². The van der Waals surface area contributed by atoms with Crippen LogP contribution in [0.3, 0.4) is 0 Å². The lowest BCUT2D eigenvalue weighted by Gasteiger charge is -2.07. The van der Waals surface area contributed by atoms with Crippen molar-refractivity contribution in [3.63, 3.8) is 0 Å². The Hall–Kier alpha value is -0.790. The number of rotatable bonds is 2. The minimum Gasteiger partial charge on any atom is -0.250 e. The maximum absolute atomic E-state index is 12.4. The van der Waals surface area contributed by atoms with Crippen LogP contribution in [0.15, 0.2) is 11.0 Å². The van der Waals surface area contributed by atoms with E-state index >= 15 is 0 Å². The van der Waals surface area contributed by atoms with Crippen molar-refractivity contribution in [1.29, 1.82) is 0 Å². The van der Waals surface area contributed by atoms with E-state index in [4.69, 9.17) is 16.7 Å². The van der Waals surface area contributed by atoms with E-state index in [9.17, 15) is 17.2 Å². The third-order valence-electron chi connectivity index (χ3n) is 1.59. The Morgan fingerprint density at radius 3 is 2.47 bits per heavy atom. The summed E-state index contributed by atoms with van der Waals surface area (Å²) >= 11 is 5.46. The monoisotopic (exact) mass is 256 g/mol. The van der Waals surface area contributed by atoms with Gasteiger partial charge in [0.1, 0.15) is 10.6 Å². The average Bonchev–Trinajstić information content (AvgIpc) is 2.06. The Morgan fingerprint density at radius 2 is 2.07 bits per heavy atom. The lowest BCUT2D eigenvalue weighted by atomic mass is 10.3. The highest BCUT2D eigenvalue weighted by Crippen LogP contribution is 2.30. The second-order valence-corrected chi connectivity index (χ2v) is 4.71. The second kappa shape index (κ2) is 3.99. The largest absolute Gasteiger partial charge is 0.281 e. The fourth-order valence-electron chi connectivity index (χ4n) is 1.00. The Kier molecular flexibility index (Phi) is 3.27. The van der Waals surface area contributed by atoms with E-state index in [0.717, 1.165) is 6.07 Å². The van der Waals surface area contributed by atoms with Crippen LogP contribution >= 0.6 is 11.6 Å². The molecule has 0 saturated carbocycles. The summed E-state index contributed by atoms with van der Waals surface area (Å²) in [5.74, 6) is 0. The summed E-state index contributed by atoms with van der Waals surface area (Å²) < 4.78 is 46.8. The topological polar surface area (TPSA) is 73.1 Å². The van der Waals surface area contributed by atoms with Crippen molar-refractivity contribution in [3.8, 4) is 0 Å².